The Morgan fingerprint density at radius 1 is 1.27 bits per heavy atom. The highest BCUT2D eigenvalue weighted by Crippen LogP contribution is 2.38. The lowest BCUT2D eigenvalue weighted by atomic mass is 10.2. The molecule has 1 saturated heterocycles. The van der Waals surface area contributed by atoms with Crippen molar-refractivity contribution in [3.63, 3.8) is 0 Å². The van der Waals surface area contributed by atoms with Gasteiger partial charge in [-0.2, -0.15) is 0 Å². The fourth-order valence-corrected chi connectivity index (χ4v) is 3.99. The van der Waals surface area contributed by atoms with Gasteiger partial charge in [-0.05, 0) is 44.0 Å². The summed E-state index contributed by atoms with van der Waals surface area (Å²) in [6.45, 7) is 5.28. The number of aromatic nitrogens is 2. The van der Waals surface area contributed by atoms with Crippen LogP contribution in [0.1, 0.15) is 25.8 Å². The standard InChI is InChI=1S/C19H24N4O2S/c1-14(26-19-20-8-9-23(19)17-6-7-17)18(24)21-15-2-4-16(5-3-15)22-10-12-25-13-11-22/h2-5,8-9,14,17H,6-7,10-13H2,1H3,(H,21,24)/t14-/m0/s1. The minimum absolute atomic E-state index is 0.000491. The van der Waals surface area contributed by atoms with Crippen LogP contribution in [-0.2, 0) is 9.53 Å². The zero-order valence-electron chi connectivity index (χ0n) is 14.9. The maximum absolute atomic E-state index is 12.5. The highest BCUT2D eigenvalue weighted by molar-refractivity contribution is 8.00. The summed E-state index contributed by atoms with van der Waals surface area (Å²) < 4.78 is 7.57. The number of anilines is 2. The Hall–Kier alpha value is -1.99. The molecule has 2 aliphatic rings. The van der Waals surface area contributed by atoms with Gasteiger partial charge in [0.2, 0.25) is 5.91 Å². The number of ether oxygens (including phenoxy) is 1. The molecule has 0 radical (unpaired) electrons. The van der Waals surface area contributed by atoms with Gasteiger partial charge < -0.3 is 19.5 Å². The van der Waals surface area contributed by atoms with E-state index >= 15 is 0 Å². The molecule has 1 aromatic heterocycles. The molecule has 2 aromatic rings. The fraction of sp³-hybridized carbons (Fsp3) is 0.474. The van der Waals surface area contributed by atoms with E-state index in [9.17, 15) is 4.79 Å². The van der Waals surface area contributed by atoms with Crippen molar-refractivity contribution in [1.29, 1.82) is 0 Å². The van der Waals surface area contributed by atoms with E-state index in [2.05, 4.69) is 31.9 Å². The molecule has 1 N–H and O–H groups in total. The first kappa shape index (κ1) is 17.4. The molecule has 1 atom stereocenters. The van der Waals surface area contributed by atoms with Crippen LogP contribution in [0.15, 0.2) is 41.8 Å². The van der Waals surface area contributed by atoms with E-state index in [4.69, 9.17) is 4.74 Å². The van der Waals surface area contributed by atoms with E-state index in [-0.39, 0.29) is 11.2 Å². The quantitative estimate of drug-likeness (QED) is 0.789. The molecule has 138 valence electrons. The first-order chi connectivity index (χ1) is 12.7. The number of hydrogen-bond donors (Lipinski definition) is 1. The van der Waals surface area contributed by atoms with Crippen LogP contribution in [-0.4, -0.2) is 47.0 Å². The van der Waals surface area contributed by atoms with Gasteiger partial charge in [0.1, 0.15) is 0 Å². The lowest BCUT2D eigenvalue weighted by molar-refractivity contribution is -0.115. The van der Waals surface area contributed by atoms with Crippen molar-refractivity contribution in [3.05, 3.63) is 36.7 Å². The maximum atomic E-state index is 12.5. The number of imidazole rings is 1. The Morgan fingerprint density at radius 3 is 2.69 bits per heavy atom. The van der Waals surface area contributed by atoms with Crippen molar-refractivity contribution in [3.8, 4) is 0 Å². The number of carbonyl (C=O) groups is 1. The van der Waals surface area contributed by atoms with Crippen LogP contribution >= 0.6 is 11.8 Å². The van der Waals surface area contributed by atoms with Gasteiger partial charge in [-0.1, -0.05) is 11.8 Å². The van der Waals surface area contributed by atoms with E-state index in [0.717, 1.165) is 37.1 Å². The molecule has 1 aromatic carbocycles. The second-order valence-electron chi connectivity index (χ2n) is 6.74. The molecular weight excluding hydrogens is 348 g/mol. The first-order valence-electron chi connectivity index (χ1n) is 9.14. The molecule has 26 heavy (non-hydrogen) atoms. The summed E-state index contributed by atoms with van der Waals surface area (Å²) in [7, 11) is 0. The van der Waals surface area contributed by atoms with E-state index in [0.29, 0.717) is 6.04 Å². The summed E-state index contributed by atoms with van der Waals surface area (Å²) in [5.41, 5.74) is 1.99. The summed E-state index contributed by atoms with van der Waals surface area (Å²) in [5.74, 6) is -0.000491. The van der Waals surface area contributed by atoms with E-state index < -0.39 is 0 Å². The summed E-state index contributed by atoms with van der Waals surface area (Å²) in [6, 6.07) is 8.61. The van der Waals surface area contributed by atoms with E-state index in [1.807, 2.05) is 31.5 Å². The number of benzene rings is 1. The highest BCUT2D eigenvalue weighted by atomic mass is 32.2. The zero-order valence-corrected chi connectivity index (χ0v) is 15.7. The largest absolute Gasteiger partial charge is 0.378 e. The minimum atomic E-state index is -0.200. The number of nitrogens with zero attached hydrogens (tertiary/aromatic N) is 3. The average Bonchev–Trinajstić information content (AvgIpc) is 3.42. The minimum Gasteiger partial charge on any atom is -0.378 e. The normalized spacial score (nSPS) is 18.6. The number of rotatable bonds is 6. The predicted octanol–water partition coefficient (Wildman–Crippen LogP) is 3.17. The molecular formula is C19H24N4O2S. The Morgan fingerprint density at radius 2 is 2.00 bits per heavy atom. The molecule has 0 bridgehead atoms. The van der Waals surface area contributed by atoms with Gasteiger partial charge in [0.25, 0.3) is 0 Å². The molecule has 7 heteroatoms. The lowest BCUT2D eigenvalue weighted by Gasteiger charge is -2.28. The number of nitrogens with one attached hydrogen (secondary N) is 1. The van der Waals surface area contributed by atoms with Crippen molar-refractivity contribution in [2.45, 2.75) is 36.2 Å². The van der Waals surface area contributed by atoms with E-state index in [1.165, 1.54) is 30.3 Å². The van der Waals surface area contributed by atoms with Gasteiger partial charge in [-0.25, -0.2) is 4.98 Å². The van der Waals surface area contributed by atoms with E-state index in [1.54, 1.807) is 0 Å². The fourth-order valence-electron chi connectivity index (χ4n) is 3.05. The second kappa shape index (κ2) is 7.72. The summed E-state index contributed by atoms with van der Waals surface area (Å²) in [4.78, 5) is 19.2. The van der Waals surface area contributed by atoms with Crippen molar-refractivity contribution in [1.82, 2.24) is 9.55 Å². The second-order valence-corrected chi connectivity index (χ2v) is 8.05. The third-order valence-corrected chi connectivity index (χ3v) is 5.83. The van der Waals surface area contributed by atoms with Crippen molar-refractivity contribution >= 4 is 29.0 Å². The Kier molecular flexibility index (Phi) is 5.17. The summed E-state index contributed by atoms with van der Waals surface area (Å²) in [6.07, 6.45) is 6.24. The number of amides is 1. The molecule has 1 saturated carbocycles. The van der Waals surface area contributed by atoms with Gasteiger partial charge >= 0.3 is 0 Å². The van der Waals surface area contributed by atoms with Crippen molar-refractivity contribution in [2.24, 2.45) is 0 Å². The Bertz CT molecular complexity index is 751. The van der Waals surface area contributed by atoms with Gasteiger partial charge in [0.05, 0.1) is 18.5 Å². The topological polar surface area (TPSA) is 59.4 Å². The molecule has 1 amide bonds. The molecule has 0 spiro atoms. The maximum Gasteiger partial charge on any atom is 0.237 e. The Labute approximate surface area is 157 Å². The number of carbonyl (C=O) groups excluding carboxylic acids is 1. The van der Waals surface area contributed by atoms with Crippen LogP contribution in [0.5, 0.6) is 0 Å². The highest BCUT2D eigenvalue weighted by Gasteiger charge is 2.27. The third-order valence-electron chi connectivity index (χ3n) is 4.74. The number of morpholine rings is 1. The first-order valence-corrected chi connectivity index (χ1v) is 10.0. The predicted molar refractivity (Wildman–Crippen MR) is 104 cm³/mol. The van der Waals surface area contributed by atoms with Crippen LogP contribution in [0.2, 0.25) is 0 Å². The molecule has 6 nitrogen and oxygen atoms in total. The molecule has 2 heterocycles. The van der Waals surface area contributed by atoms with Gasteiger partial charge in [-0.3, -0.25) is 4.79 Å². The van der Waals surface area contributed by atoms with Crippen molar-refractivity contribution in [2.75, 3.05) is 36.5 Å². The monoisotopic (exact) mass is 372 g/mol. The van der Waals surface area contributed by atoms with Crippen LogP contribution in [0, 0.1) is 0 Å². The average molecular weight is 372 g/mol. The van der Waals surface area contributed by atoms with Gasteiger partial charge in [0.15, 0.2) is 5.16 Å². The smallest absolute Gasteiger partial charge is 0.237 e. The number of hydrogen-bond acceptors (Lipinski definition) is 5. The number of thioether (sulfide) groups is 1. The van der Waals surface area contributed by atoms with Crippen LogP contribution in [0.3, 0.4) is 0 Å². The summed E-state index contributed by atoms with van der Waals surface area (Å²) >= 11 is 1.52. The third kappa shape index (κ3) is 4.04. The zero-order chi connectivity index (χ0) is 17.9. The molecule has 1 aliphatic carbocycles. The van der Waals surface area contributed by atoms with Gasteiger partial charge in [0, 0.05) is 42.9 Å². The lowest BCUT2D eigenvalue weighted by Crippen LogP contribution is -2.36. The molecule has 0 unspecified atom stereocenters. The van der Waals surface area contributed by atoms with Gasteiger partial charge in [-0.15, -0.1) is 0 Å². The van der Waals surface area contributed by atoms with Crippen LogP contribution < -0.4 is 10.2 Å². The summed E-state index contributed by atoms with van der Waals surface area (Å²) in [5, 5.41) is 3.74. The Balaban J connectivity index is 1.34. The molecule has 2 fully saturated rings. The molecule has 4 rings (SSSR count). The molecule has 1 aliphatic heterocycles. The van der Waals surface area contributed by atoms with Crippen LogP contribution in [0.25, 0.3) is 0 Å². The van der Waals surface area contributed by atoms with Crippen molar-refractivity contribution < 1.29 is 9.53 Å². The van der Waals surface area contributed by atoms with Crippen LogP contribution in [0.4, 0.5) is 11.4 Å². The SMILES string of the molecule is C[C@H](Sc1nccn1C1CC1)C(=O)Nc1ccc(N2CCOCC2)cc1.